The van der Waals surface area contributed by atoms with E-state index in [4.69, 9.17) is 4.74 Å². The molecule has 1 N–H and O–H groups in total. The van der Waals surface area contributed by atoms with Gasteiger partial charge in [0.2, 0.25) is 0 Å². The Morgan fingerprint density at radius 3 is 3.00 bits per heavy atom. The van der Waals surface area contributed by atoms with Crippen molar-refractivity contribution in [3.8, 4) is 0 Å². The van der Waals surface area contributed by atoms with E-state index in [0.717, 1.165) is 19.5 Å². The van der Waals surface area contributed by atoms with Gasteiger partial charge in [-0.2, -0.15) is 0 Å². The van der Waals surface area contributed by atoms with Gasteiger partial charge in [-0.1, -0.05) is 13.3 Å². The average Bonchev–Trinajstić information content (AvgIpc) is 2.66. The van der Waals surface area contributed by atoms with Crippen molar-refractivity contribution in [2.45, 2.75) is 38.9 Å². The van der Waals surface area contributed by atoms with Crippen LogP contribution in [0.5, 0.6) is 0 Å². The highest BCUT2D eigenvalue weighted by atomic mass is 32.1. The fraction of sp³-hybridized carbons (Fsp3) is 0.667. The fourth-order valence-electron chi connectivity index (χ4n) is 1.99. The van der Waals surface area contributed by atoms with Crippen molar-refractivity contribution in [3.63, 3.8) is 0 Å². The molecular formula is C12H19NOS. The number of hydrogen-bond donors (Lipinski definition) is 1. The van der Waals surface area contributed by atoms with Crippen molar-refractivity contribution in [2.24, 2.45) is 0 Å². The lowest BCUT2D eigenvalue weighted by molar-refractivity contribution is -0.0407. The quantitative estimate of drug-likeness (QED) is 0.854. The van der Waals surface area contributed by atoms with Gasteiger partial charge in [0.1, 0.15) is 6.10 Å². The van der Waals surface area contributed by atoms with Crippen LogP contribution in [0.2, 0.25) is 0 Å². The Hall–Kier alpha value is -0.380. The summed E-state index contributed by atoms with van der Waals surface area (Å²) in [7, 11) is 0. The minimum Gasteiger partial charge on any atom is -0.367 e. The number of aryl methyl sites for hydroxylation is 1. The van der Waals surface area contributed by atoms with Gasteiger partial charge in [-0.3, -0.25) is 0 Å². The minimum absolute atomic E-state index is 0.272. The minimum atomic E-state index is 0.272. The second kappa shape index (κ2) is 5.10. The predicted molar refractivity (Wildman–Crippen MR) is 64.4 cm³/mol. The molecule has 2 rings (SSSR count). The number of rotatable bonds is 3. The van der Waals surface area contributed by atoms with Crippen LogP contribution in [0.3, 0.4) is 0 Å². The number of hydrogen-bond acceptors (Lipinski definition) is 3. The van der Waals surface area contributed by atoms with Crippen LogP contribution in [0.4, 0.5) is 0 Å². The largest absolute Gasteiger partial charge is 0.367 e. The van der Waals surface area contributed by atoms with Gasteiger partial charge in [0.25, 0.3) is 0 Å². The summed E-state index contributed by atoms with van der Waals surface area (Å²) in [5.41, 5.74) is 0. The molecule has 0 aromatic carbocycles. The molecule has 2 atom stereocenters. The molecular weight excluding hydrogens is 206 g/mol. The van der Waals surface area contributed by atoms with Gasteiger partial charge in [0, 0.05) is 22.8 Å². The zero-order valence-corrected chi connectivity index (χ0v) is 10.3. The Morgan fingerprint density at radius 2 is 2.33 bits per heavy atom. The first-order valence-electron chi connectivity index (χ1n) is 5.72. The topological polar surface area (TPSA) is 21.3 Å². The highest BCUT2D eigenvalue weighted by Crippen LogP contribution is 2.28. The van der Waals surface area contributed by atoms with E-state index < -0.39 is 0 Å². The summed E-state index contributed by atoms with van der Waals surface area (Å²) in [6.07, 6.45) is 3.03. The standard InChI is InChI=1S/C12H19NOS/c1-3-4-10-7-13-8-11(14-10)12-6-5-9(2)15-12/h5-6,10-11,13H,3-4,7-8H2,1-2H3. The summed E-state index contributed by atoms with van der Waals surface area (Å²) < 4.78 is 6.07. The molecule has 3 heteroatoms. The van der Waals surface area contributed by atoms with Crippen LogP contribution in [0.15, 0.2) is 12.1 Å². The van der Waals surface area contributed by atoms with Crippen molar-refractivity contribution in [1.29, 1.82) is 0 Å². The Morgan fingerprint density at radius 1 is 1.47 bits per heavy atom. The Bertz CT molecular complexity index is 308. The molecule has 1 fully saturated rings. The molecule has 1 aliphatic rings. The molecule has 0 aliphatic carbocycles. The van der Waals surface area contributed by atoms with Gasteiger partial charge in [-0.15, -0.1) is 11.3 Å². The first-order chi connectivity index (χ1) is 7.29. The van der Waals surface area contributed by atoms with Crippen molar-refractivity contribution >= 4 is 11.3 Å². The van der Waals surface area contributed by atoms with Crippen LogP contribution < -0.4 is 5.32 Å². The number of ether oxygens (including phenoxy) is 1. The molecule has 15 heavy (non-hydrogen) atoms. The maximum Gasteiger partial charge on any atom is 0.104 e. The maximum absolute atomic E-state index is 6.07. The van der Waals surface area contributed by atoms with Gasteiger partial charge in [-0.25, -0.2) is 0 Å². The zero-order valence-electron chi connectivity index (χ0n) is 9.45. The second-order valence-electron chi connectivity index (χ2n) is 4.14. The highest BCUT2D eigenvalue weighted by Gasteiger charge is 2.23. The first kappa shape index (κ1) is 11.1. The molecule has 1 aromatic heterocycles. The smallest absolute Gasteiger partial charge is 0.104 e. The molecule has 84 valence electrons. The Labute approximate surface area is 95.6 Å². The average molecular weight is 225 g/mol. The monoisotopic (exact) mass is 225 g/mol. The summed E-state index contributed by atoms with van der Waals surface area (Å²) in [4.78, 5) is 2.73. The first-order valence-corrected chi connectivity index (χ1v) is 6.53. The third-order valence-electron chi connectivity index (χ3n) is 2.75. The molecule has 0 spiro atoms. The van der Waals surface area contributed by atoms with Crippen molar-refractivity contribution in [2.75, 3.05) is 13.1 Å². The molecule has 0 saturated carbocycles. The SMILES string of the molecule is CCCC1CNCC(c2ccc(C)s2)O1. The van der Waals surface area contributed by atoms with E-state index in [0.29, 0.717) is 6.10 Å². The molecule has 1 saturated heterocycles. The van der Waals surface area contributed by atoms with Crippen molar-refractivity contribution < 1.29 is 4.74 Å². The van der Waals surface area contributed by atoms with Crippen LogP contribution in [0.25, 0.3) is 0 Å². The summed E-state index contributed by atoms with van der Waals surface area (Å²) in [5.74, 6) is 0. The van der Waals surface area contributed by atoms with Gasteiger partial charge < -0.3 is 10.1 Å². The van der Waals surface area contributed by atoms with E-state index in [-0.39, 0.29) is 6.10 Å². The van der Waals surface area contributed by atoms with E-state index in [2.05, 4.69) is 31.3 Å². The molecule has 0 radical (unpaired) electrons. The third kappa shape index (κ3) is 2.80. The van der Waals surface area contributed by atoms with Crippen LogP contribution in [-0.2, 0) is 4.74 Å². The number of nitrogens with one attached hydrogen (secondary N) is 1. The van der Waals surface area contributed by atoms with Gasteiger partial charge in [0.05, 0.1) is 6.10 Å². The van der Waals surface area contributed by atoms with E-state index in [9.17, 15) is 0 Å². The molecule has 1 aliphatic heterocycles. The van der Waals surface area contributed by atoms with Gasteiger partial charge in [0.15, 0.2) is 0 Å². The molecule has 2 nitrogen and oxygen atoms in total. The van der Waals surface area contributed by atoms with Crippen molar-refractivity contribution in [3.05, 3.63) is 21.9 Å². The lowest BCUT2D eigenvalue weighted by atomic mass is 10.1. The van der Waals surface area contributed by atoms with Gasteiger partial charge in [-0.05, 0) is 25.5 Å². The predicted octanol–water partition coefficient (Wildman–Crippen LogP) is 2.89. The van der Waals surface area contributed by atoms with E-state index in [1.54, 1.807) is 0 Å². The Kier molecular flexibility index (Phi) is 3.78. The number of thiophene rings is 1. The maximum atomic E-state index is 6.07. The molecule has 0 amide bonds. The van der Waals surface area contributed by atoms with E-state index in [1.807, 2.05) is 11.3 Å². The summed E-state index contributed by atoms with van der Waals surface area (Å²) >= 11 is 1.85. The van der Waals surface area contributed by atoms with E-state index in [1.165, 1.54) is 16.2 Å². The van der Waals surface area contributed by atoms with Gasteiger partial charge >= 0.3 is 0 Å². The molecule has 2 unspecified atom stereocenters. The van der Waals surface area contributed by atoms with Crippen LogP contribution >= 0.6 is 11.3 Å². The summed E-state index contributed by atoms with van der Waals surface area (Å²) in [6, 6.07) is 4.37. The molecule has 1 aromatic rings. The molecule has 0 bridgehead atoms. The van der Waals surface area contributed by atoms with Crippen LogP contribution in [-0.4, -0.2) is 19.2 Å². The molecule has 2 heterocycles. The summed E-state index contributed by atoms with van der Waals surface area (Å²) in [6.45, 7) is 6.32. The van der Waals surface area contributed by atoms with Crippen LogP contribution in [0, 0.1) is 6.92 Å². The highest BCUT2D eigenvalue weighted by molar-refractivity contribution is 7.12. The zero-order chi connectivity index (χ0) is 10.7. The lowest BCUT2D eigenvalue weighted by Gasteiger charge is -2.30. The number of morpholine rings is 1. The fourth-order valence-corrected chi connectivity index (χ4v) is 2.90. The van der Waals surface area contributed by atoms with Crippen LogP contribution in [0.1, 0.15) is 35.6 Å². The van der Waals surface area contributed by atoms with E-state index >= 15 is 0 Å². The summed E-state index contributed by atoms with van der Waals surface area (Å²) in [5, 5.41) is 3.46. The Balaban J connectivity index is 1.98. The second-order valence-corrected chi connectivity index (χ2v) is 5.46. The van der Waals surface area contributed by atoms with Crippen molar-refractivity contribution in [1.82, 2.24) is 5.32 Å². The third-order valence-corrected chi connectivity index (χ3v) is 3.84. The normalized spacial score (nSPS) is 26.8. The lowest BCUT2D eigenvalue weighted by Crippen LogP contribution is -2.40.